The van der Waals surface area contributed by atoms with E-state index < -0.39 is 17.6 Å². The van der Waals surface area contributed by atoms with Crippen molar-refractivity contribution in [3.63, 3.8) is 0 Å². The Morgan fingerprint density at radius 3 is 2.38 bits per heavy atom. The Bertz CT molecular complexity index is 853. The Morgan fingerprint density at radius 1 is 1.07 bits per heavy atom. The van der Waals surface area contributed by atoms with Crippen molar-refractivity contribution in [1.82, 2.24) is 4.90 Å². The third-order valence-corrected chi connectivity index (χ3v) is 4.38. The number of likely N-dealkylation sites (N-methyl/N-ethyl adjacent to an activating group) is 1. The predicted molar refractivity (Wildman–Crippen MR) is 104 cm³/mol. The summed E-state index contributed by atoms with van der Waals surface area (Å²) in [6.07, 6.45) is -4.00. The van der Waals surface area contributed by atoms with Crippen LogP contribution in [0.25, 0.3) is 0 Å². The van der Waals surface area contributed by atoms with Gasteiger partial charge in [0.1, 0.15) is 5.75 Å². The van der Waals surface area contributed by atoms with Crippen LogP contribution in [0.3, 0.4) is 0 Å². The number of carbonyl (C=O) groups excluding carboxylic acids is 2. The minimum absolute atomic E-state index is 0.153. The average Bonchev–Trinajstić information content (AvgIpc) is 2.70. The molecule has 2 amide bonds. The Hall–Kier alpha value is -3.03. The van der Waals surface area contributed by atoms with Crippen molar-refractivity contribution in [1.29, 1.82) is 0 Å². The van der Waals surface area contributed by atoms with Crippen LogP contribution >= 0.6 is 0 Å². The Balaban J connectivity index is 1.99. The van der Waals surface area contributed by atoms with Gasteiger partial charge in [-0.1, -0.05) is 30.3 Å². The molecule has 0 saturated carbocycles. The fourth-order valence-corrected chi connectivity index (χ4v) is 2.89. The fraction of sp³-hybridized carbons (Fsp3) is 0.333. The molecule has 0 radical (unpaired) electrons. The molecule has 0 bridgehead atoms. The number of benzene rings is 2. The van der Waals surface area contributed by atoms with E-state index in [1.54, 1.807) is 20.1 Å². The van der Waals surface area contributed by atoms with Gasteiger partial charge in [0.2, 0.25) is 11.8 Å². The summed E-state index contributed by atoms with van der Waals surface area (Å²) >= 11 is 0. The van der Waals surface area contributed by atoms with Gasteiger partial charge >= 0.3 is 6.18 Å². The molecule has 29 heavy (non-hydrogen) atoms. The van der Waals surface area contributed by atoms with Crippen molar-refractivity contribution >= 4 is 17.5 Å². The molecule has 0 aromatic heterocycles. The lowest BCUT2D eigenvalue weighted by Crippen LogP contribution is -2.38. The van der Waals surface area contributed by atoms with E-state index in [-0.39, 0.29) is 31.1 Å². The second-order valence-corrected chi connectivity index (χ2v) is 6.31. The maximum atomic E-state index is 13.1. The van der Waals surface area contributed by atoms with E-state index in [1.807, 2.05) is 18.2 Å². The summed E-state index contributed by atoms with van der Waals surface area (Å²) in [5.41, 5.74) is -0.399. The second kappa shape index (κ2) is 9.95. The molecule has 5 nitrogen and oxygen atoms in total. The zero-order valence-electron chi connectivity index (χ0n) is 16.3. The number of nitrogens with one attached hydrogen (secondary N) is 1. The summed E-state index contributed by atoms with van der Waals surface area (Å²) in [5, 5.41) is 2.26. The van der Waals surface area contributed by atoms with Crippen LogP contribution in [0.2, 0.25) is 0 Å². The van der Waals surface area contributed by atoms with E-state index >= 15 is 0 Å². The van der Waals surface area contributed by atoms with E-state index in [0.717, 1.165) is 11.6 Å². The minimum Gasteiger partial charge on any atom is -0.496 e. The molecule has 0 aliphatic heterocycles. The number of rotatable bonds is 8. The molecule has 2 rings (SSSR count). The van der Waals surface area contributed by atoms with Gasteiger partial charge in [-0.3, -0.25) is 9.59 Å². The topological polar surface area (TPSA) is 58.6 Å². The van der Waals surface area contributed by atoms with Gasteiger partial charge in [-0.25, -0.2) is 0 Å². The van der Waals surface area contributed by atoms with Gasteiger partial charge < -0.3 is 15.0 Å². The molecule has 0 unspecified atom stereocenters. The first-order valence-electron chi connectivity index (χ1n) is 9.12. The highest BCUT2D eigenvalue weighted by Crippen LogP contribution is 2.34. The lowest BCUT2D eigenvalue weighted by molar-refractivity contribution is -0.137. The molecule has 1 N–H and O–H groups in total. The zero-order valence-corrected chi connectivity index (χ0v) is 16.3. The molecule has 0 spiro atoms. The SMILES string of the molecule is CCN(CC(=O)Nc1ccccc1C(F)(F)F)C(=O)CCc1ccccc1OC. The van der Waals surface area contributed by atoms with Crippen LogP contribution in [0, 0.1) is 0 Å². The van der Waals surface area contributed by atoms with Gasteiger partial charge in [0, 0.05) is 13.0 Å². The average molecular weight is 408 g/mol. The molecule has 156 valence electrons. The standard InChI is InChI=1S/C21H23F3N2O3/c1-3-26(20(28)13-12-15-8-4-7-11-18(15)29-2)14-19(27)25-17-10-6-5-9-16(17)21(22,23)24/h4-11H,3,12-14H2,1-2H3,(H,25,27). The third-order valence-electron chi connectivity index (χ3n) is 4.38. The molecule has 0 aliphatic carbocycles. The number of amides is 2. The molecule has 0 atom stereocenters. The highest BCUT2D eigenvalue weighted by Gasteiger charge is 2.33. The van der Waals surface area contributed by atoms with Crippen molar-refractivity contribution in [2.45, 2.75) is 25.9 Å². The normalized spacial score (nSPS) is 11.1. The predicted octanol–water partition coefficient (Wildman–Crippen LogP) is 4.13. The van der Waals surface area contributed by atoms with Crippen LogP contribution < -0.4 is 10.1 Å². The third kappa shape index (κ3) is 6.23. The number of alkyl halides is 3. The van der Waals surface area contributed by atoms with Gasteiger partial charge in [-0.05, 0) is 37.1 Å². The van der Waals surface area contributed by atoms with Crippen LogP contribution in [0.15, 0.2) is 48.5 Å². The van der Waals surface area contributed by atoms with E-state index in [9.17, 15) is 22.8 Å². The van der Waals surface area contributed by atoms with Crippen LogP contribution in [-0.2, 0) is 22.2 Å². The number of hydrogen-bond acceptors (Lipinski definition) is 3. The lowest BCUT2D eigenvalue weighted by atomic mass is 10.1. The van der Waals surface area contributed by atoms with Crippen molar-refractivity contribution in [2.75, 3.05) is 25.5 Å². The largest absolute Gasteiger partial charge is 0.496 e. The molecule has 8 heteroatoms. The highest BCUT2D eigenvalue weighted by atomic mass is 19.4. The minimum atomic E-state index is -4.58. The summed E-state index contributed by atoms with van der Waals surface area (Å²) in [5.74, 6) is -0.281. The van der Waals surface area contributed by atoms with Crippen LogP contribution in [0.1, 0.15) is 24.5 Å². The number of halogens is 3. The summed E-state index contributed by atoms with van der Waals surface area (Å²) in [6, 6.07) is 12.0. The van der Waals surface area contributed by atoms with Crippen molar-refractivity contribution in [2.24, 2.45) is 0 Å². The van der Waals surface area contributed by atoms with Crippen molar-refractivity contribution in [3.05, 3.63) is 59.7 Å². The fourth-order valence-electron chi connectivity index (χ4n) is 2.89. The monoisotopic (exact) mass is 408 g/mol. The van der Waals surface area contributed by atoms with Crippen LogP contribution in [0.4, 0.5) is 18.9 Å². The first-order valence-corrected chi connectivity index (χ1v) is 9.12. The van der Waals surface area contributed by atoms with E-state index in [0.29, 0.717) is 12.2 Å². The van der Waals surface area contributed by atoms with Gasteiger partial charge in [-0.15, -0.1) is 0 Å². The maximum Gasteiger partial charge on any atom is 0.418 e. The van der Waals surface area contributed by atoms with E-state index in [1.165, 1.54) is 23.1 Å². The number of hydrogen-bond donors (Lipinski definition) is 1. The molecule has 0 fully saturated rings. The Kier molecular flexibility index (Phi) is 7.64. The summed E-state index contributed by atoms with van der Waals surface area (Å²) in [4.78, 5) is 26.0. The molecule has 2 aromatic rings. The molecule has 2 aromatic carbocycles. The summed E-state index contributed by atoms with van der Waals surface area (Å²) in [7, 11) is 1.54. The van der Waals surface area contributed by atoms with Gasteiger partial charge in [-0.2, -0.15) is 13.2 Å². The molecule has 0 heterocycles. The summed E-state index contributed by atoms with van der Waals surface area (Å²) < 4.78 is 44.4. The smallest absolute Gasteiger partial charge is 0.418 e. The first kappa shape index (κ1) is 22.3. The Labute approximate surface area is 167 Å². The van der Waals surface area contributed by atoms with Gasteiger partial charge in [0.15, 0.2) is 0 Å². The van der Waals surface area contributed by atoms with Crippen molar-refractivity contribution in [3.8, 4) is 5.75 Å². The number of para-hydroxylation sites is 2. The van der Waals surface area contributed by atoms with E-state index in [4.69, 9.17) is 4.74 Å². The quantitative estimate of drug-likeness (QED) is 0.715. The zero-order chi connectivity index (χ0) is 21.4. The number of methoxy groups -OCH3 is 1. The number of carbonyl (C=O) groups is 2. The van der Waals surface area contributed by atoms with Crippen LogP contribution in [0.5, 0.6) is 5.75 Å². The molecular formula is C21H23F3N2O3. The molecule has 0 saturated heterocycles. The first-order chi connectivity index (χ1) is 13.8. The molecular weight excluding hydrogens is 385 g/mol. The second-order valence-electron chi connectivity index (χ2n) is 6.31. The lowest BCUT2D eigenvalue weighted by Gasteiger charge is -2.21. The number of anilines is 1. The van der Waals surface area contributed by atoms with Gasteiger partial charge in [0.05, 0.1) is 24.9 Å². The molecule has 0 aliphatic rings. The van der Waals surface area contributed by atoms with Crippen molar-refractivity contribution < 1.29 is 27.5 Å². The van der Waals surface area contributed by atoms with Crippen LogP contribution in [-0.4, -0.2) is 36.9 Å². The van der Waals surface area contributed by atoms with E-state index in [2.05, 4.69) is 5.32 Å². The highest BCUT2D eigenvalue weighted by molar-refractivity contribution is 5.95. The number of nitrogens with zero attached hydrogens (tertiary/aromatic N) is 1. The maximum absolute atomic E-state index is 13.1. The summed E-state index contributed by atoms with van der Waals surface area (Å²) in [6.45, 7) is 1.64. The number of aryl methyl sites for hydroxylation is 1. The number of ether oxygens (including phenoxy) is 1. The Morgan fingerprint density at radius 2 is 1.72 bits per heavy atom. The van der Waals surface area contributed by atoms with Gasteiger partial charge in [0.25, 0.3) is 0 Å².